The first-order valence-corrected chi connectivity index (χ1v) is 5.82. The maximum Gasteiger partial charge on any atom is 0.260 e. The summed E-state index contributed by atoms with van der Waals surface area (Å²) in [6, 6.07) is 9.33. The molecule has 0 radical (unpaired) electrons. The van der Waals surface area contributed by atoms with Gasteiger partial charge >= 0.3 is 0 Å². The molecular formula is C13H14N2O2. The van der Waals surface area contributed by atoms with Crippen molar-refractivity contribution >= 4 is 0 Å². The van der Waals surface area contributed by atoms with Crippen LogP contribution >= 0.6 is 0 Å². The van der Waals surface area contributed by atoms with E-state index in [0.29, 0.717) is 11.8 Å². The number of aliphatic hydroxyl groups excluding tert-OH is 1. The van der Waals surface area contributed by atoms with Crippen molar-refractivity contribution in [1.82, 2.24) is 10.1 Å². The highest BCUT2D eigenvalue weighted by Gasteiger charge is 2.38. The van der Waals surface area contributed by atoms with Gasteiger partial charge in [-0.1, -0.05) is 42.4 Å². The number of aromatic nitrogens is 2. The van der Waals surface area contributed by atoms with Crippen LogP contribution in [0.3, 0.4) is 0 Å². The van der Waals surface area contributed by atoms with Gasteiger partial charge in [-0.05, 0) is 17.9 Å². The molecule has 1 fully saturated rings. The summed E-state index contributed by atoms with van der Waals surface area (Å²) in [6.45, 7) is 2.16. The molecule has 1 aliphatic carbocycles. The fraction of sp³-hybridized carbons (Fsp3) is 0.385. The predicted molar refractivity (Wildman–Crippen MR) is 61.3 cm³/mol. The van der Waals surface area contributed by atoms with Gasteiger partial charge in [0.2, 0.25) is 0 Å². The first kappa shape index (κ1) is 10.5. The molecule has 1 aliphatic rings. The number of nitrogens with zero attached hydrogens (tertiary/aromatic N) is 2. The van der Waals surface area contributed by atoms with Crippen LogP contribution in [0.4, 0.5) is 0 Å². The van der Waals surface area contributed by atoms with Gasteiger partial charge in [0.25, 0.3) is 5.89 Å². The van der Waals surface area contributed by atoms with Gasteiger partial charge < -0.3 is 9.63 Å². The monoisotopic (exact) mass is 230 g/mol. The third-order valence-electron chi connectivity index (χ3n) is 3.25. The largest absolute Gasteiger partial charge is 0.378 e. The molecule has 0 aliphatic heterocycles. The summed E-state index contributed by atoms with van der Waals surface area (Å²) in [5.41, 5.74) is 0.770. The van der Waals surface area contributed by atoms with Gasteiger partial charge in [0.15, 0.2) is 11.9 Å². The first-order valence-electron chi connectivity index (χ1n) is 5.82. The summed E-state index contributed by atoms with van der Waals surface area (Å²) in [5.74, 6) is 2.05. The lowest BCUT2D eigenvalue weighted by atomic mass is 10.1. The molecule has 17 heavy (non-hydrogen) atoms. The Labute approximate surface area is 99.3 Å². The van der Waals surface area contributed by atoms with Crippen LogP contribution in [0.25, 0.3) is 0 Å². The number of hydrogen-bond acceptors (Lipinski definition) is 4. The fourth-order valence-electron chi connectivity index (χ4n) is 1.97. The van der Waals surface area contributed by atoms with E-state index in [4.69, 9.17) is 4.52 Å². The second-order valence-corrected chi connectivity index (χ2v) is 4.62. The van der Waals surface area contributed by atoms with Crippen molar-refractivity contribution in [2.24, 2.45) is 5.92 Å². The lowest BCUT2D eigenvalue weighted by molar-refractivity contribution is 0.170. The molecule has 1 heterocycles. The molecule has 0 bridgehead atoms. The van der Waals surface area contributed by atoms with Gasteiger partial charge in [-0.3, -0.25) is 0 Å². The summed E-state index contributed by atoms with van der Waals surface area (Å²) in [6.07, 6.45) is 0.284. The average Bonchev–Trinajstić information content (AvgIpc) is 2.92. The Balaban J connectivity index is 1.82. The molecule has 3 rings (SSSR count). The Kier molecular flexibility index (Phi) is 2.44. The zero-order valence-corrected chi connectivity index (χ0v) is 9.58. The number of rotatable bonds is 3. The summed E-state index contributed by atoms with van der Waals surface area (Å²) in [5, 5.41) is 14.0. The minimum atomic E-state index is -0.827. The maximum absolute atomic E-state index is 10.1. The molecule has 3 atom stereocenters. The smallest absolute Gasteiger partial charge is 0.260 e. The topological polar surface area (TPSA) is 59.2 Å². The normalized spacial score (nSPS) is 24.6. The molecule has 1 aromatic carbocycles. The predicted octanol–water partition coefficient (Wildman–Crippen LogP) is 2.27. The second kappa shape index (κ2) is 3.96. The summed E-state index contributed by atoms with van der Waals surface area (Å²) in [7, 11) is 0. The molecule has 0 amide bonds. The minimum Gasteiger partial charge on any atom is -0.378 e. The van der Waals surface area contributed by atoms with Crippen LogP contribution < -0.4 is 0 Å². The van der Waals surface area contributed by atoms with Gasteiger partial charge in [-0.15, -0.1) is 0 Å². The maximum atomic E-state index is 10.1. The zero-order chi connectivity index (χ0) is 11.8. The Morgan fingerprint density at radius 1 is 1.35 bits per heavy atom. The van der Waals surface area contributed by atoms with E-state index < -0.39 is 6.10 Å². The molecule has 2 aromatic rings. The molecule has 4 nitrogen and oxygen atoms in total. The highest BCUT2D eigenvalue weighted by atomic mass is 16.5. The minimum absolute atomic E-state index is 0.283. The van der Waals surface area contributed by atoms with Crippen LogP contribution in [-0.4, -0.2) is 15.2 Å². The highest BCUT2D eigenvalue weighted by Crippen LogP contribution is 2.45. The molecule has 3 unspecified atom stereocenters. The third kappa shape index (κ3) is 1.96. The lowest BCUT2D eigenvalue weighted by Crippen LogP contribution is -1.99. The molecule has 0 saturated heterocycles. The van der Waals surface area contributed by atoms with E-state index in [9.17, 15) is 5.11 Å². The molecule has 88 valence electrons. The van der Waals surface area contributed by atoms with Crippen molar-refractivity contribution in [3.05, 3.63) is 47.6 Å². The summed E-state index contributed by atoms with van der Waals surface area (Å²) in [4.78, 5) is 4.27. The molecule has 1 aromatic heterocycles. The van der Waals surface area contributed by atoms with Crippen LogP contribution in [-0.2, 0) is 0 Å². The average molecular weight is 230 g/mol. The molecule has 0 spiro atoms. The zero-order valence-electron chi connectivity index (χ0n) is 9.58. The van der Waals surface area contributed by atoms with E-state index >= 15 is 0 Å². The van der Waals surface area contributed by atoms with E-state index in [1.165, 1.54) is 0 Å². The van der Waals surface area contributed by atoms with Crippen LogP contribution in [0.15, 0.2) is 34.9 Å². The van der Waals surface area contributed by atoms with Gasteiger partial charge in [0.05, 0.1) is 0 Å². The van der Waals surface area contributed by atoms with Crippen LogP contribution in [0, 0.1) is 5.92 Å². The Bertz CT molecular complexity index is 509. The van der Waals surface area contributed by atoms with E-state index in [-0.39, 0.29) is 5.89 Å². The van der Waals surface area contributed by atoms with E-state index in [1.807, 2.05) is 30.3 Å². The molecule has 1 saturated carbocycles. The standard InChI is InChI=1S/C13H14N2O2/c1-8-7-10(8)12-14-13(17-15-12)11(16)9-5-3-2-4-6-9/h2-6,8,10-11,16H,7H2,1H3. The molecular weight excluding hydrogens is 216 g/mol. The van der Waals surface area contributed by atoms with E-state index in [1.54, 1.807) is 0 Å². The number of benzene rings is 1. The van der Waals surface area contributed by atoms with Crippen LogP contribution in [0.1, 0.15) is 42.6 Å². The van der Waals surface area contributed by atoms with Crippen molar-refractivity contribution in [2.75, 3.05) is 0 Å². The van der Waals surface area contributed by atoms with Crippen molar-refractivity contribution < 1.29 is 9.63 Å². The number of hydrogen-bond donors (Lipinski definition) is 1. The van der Waals surface area contributed by atoms with Gasteiger partial charge in [0, 0.05) is 5.92 Å². The van der Waals surface area contributed by atoms with Crippen molar-refractivity contribution in [3.8, 4) is 0 Å². The SMILES string of the molecule is CC1CC1c1noc(C(O)c2ccccc2)n1. The fourth-order valence-corrected chi connectivity index (χ4v) is 1.97. The summed E-state index contributed by atoms with van der Waals surface area (Å²) >= 11 is 0. The first-order chi connectivity index (χ1) is 8.25. The molecule has 1 N–H and O–H groups in total. The third-order valence-corrected chi connectivity index (χ3v) is 3.25. The van der Waals surface area contributed by atoms with Gasteiger partial charge in [-0.2, -0.15) is 4.98 Å². The highest BCUT2D eigenvalue weighted by molar-refractivity contribution is 5.22. The Morgan fingerprint density at radius 2 is 2.06 bits per heavy atom. The second-order valence-electron chi connectivity index (χ2n) is 4.62. The lowest BCUT2D eigenvalue weighted by Gasteiger charge is -2.04. The van der Waals surface area contributed by atoms with Crippen molar-refractivity contribution in [1.29, 1.82) is 0 Å². The van der Waals surface area contributed by atoms with Gasteiger partial charge in [-0.25, -0.2) is 0 Å². The van der Waals surface area contributed by atoms with Crippen LogP contribution in [0.5, 0.6) is 0 Å². The van der Waals surface area contributed by atoms with E-state index in [0.717, 1.165) is 17.8 Å². The Morgan fingerprint density at radius 3 is 2.71 bits per heavy atom. The van der Waals surface area contributed by atoms with Crippen molar-refractivity contribution in [2.45, 2.75) is 25.4 Å². The van der Waals surface area contributed by atoms with E-state index in [2.05, 4.69) is 17.1 Å². The number of aliphatic hydroxyl groups is 1. The quantitative estimate of drug-likeness (QED) is 0.878. The summed E-state index contributed by atoms with van der Waals surface area (Å²) < 4.78 is 5.12. The van der Waals surface area contributed by atoms with Crippen molar-refractivity contribution in [3.63, 3.8) is 0 Å². The van der Waals surface area contributed by atoms with Crippen LogP contribution in [0.2, 0.25) is 0 Å². The Hall–Kier alpha value is -1.68. The molecule has 4 heteroatoms. The van der Waals surface area contributed by atoms with Gasteiger partial charge in [0.1, 0.15) is 0 Å².